The predicted octanol–water partition coefficient (Wildman–Crippen LogP) is 2.35. The first-order valence-electron chi connectivity index (χ1n) is 8.47. The lowest BCUT2D eigenvalue weighted by Crippen LogP contribution is -2.45. The van der Waals surface area contributed by atoms with Crippen LogP contribution in [0.3, 0.4) is 0 Å². The molecule has 23 heavy (non-hydrogen) atoms. The average molecular weight is 320 g/mol. The lowest BCUT2D eigenvalue weighted by atomic mass is 9.84. The molecule has 0 aromatic heterocycles. The summed E-state index contributed by atoms with van der Waals surface area (Å²) in [5.41, 5.74) is 6.49. The Balaban J connectivity index is 1.94. The molecule has 2 rings (SSSR count). The van der Waals surface area contributed by atoms with Gasteiger partial charge in [0, 0.05) is 25.3 Å². The first-order chi connectivity index (χ1) is 11.2. The number of nitrogens with one attached hydrogen (secondary N) is 1. The van der Waals surface area contributed by atoms with E-state index in [1.807, 2.05) is 12.1 Å². The van der Waals surface area contributed by atoms with E-state index < -0.39 is 0 Å². The van der Waals surface area contributed by atoms with Crippen molar-refractivity contribution in [2.24, 2.45) is 11.7 Å². The molecule has 128 valence electrons. The van der Waals surface area contributed by atoms with Crippen LogP contribution in [0.15, 0.2) is 24.3 Å². The molecule has 0 bridgehead atoms. The molecule has 1 atom stereocenters. The van der Waals surface area contributed by atoms with Gasteiger partial charge in [0.05, 0.1) is 6.61 Å². The van der Waals surface area contributed by atoms with E-state index in [2.05, 4.69) is 5.32 Å². The Kier molecular flexibility index (Phi) is 7.36. The van der Waals surface area contributed by atoms with E-state index in [1.54, 1.807) is 19.2 Å². The van der Waals surface area contributed by atoms with Gasteiger partial charge in [-0.1, -0.05) is 25.3 Å². The number of amides is 1. The van der Waals surface area contributed by atoms with Crippen molar-refractivity contribution in [3.05, 3.63) is 29.8 Å². The van der Waals surface area contributed by atoms with E-state index in [1.165, 1.54) is 19.3 Å². The van der Waals surface area contributed by atoms with Crippen LogP contribution in [0.5, 0.6) is 5.75 Å². The number of nitrogens with two attached hydrogens (primary N) is 1. The Hall–Kier alpha value is -1.59. The minimum atomic E-state index is -0.0804. The van der Waals surface area contributed by atoms with Crippen molar-refractivity contribution in [3.63, 3.8) is 0 Å². The Bertz CT molecular complexity index is 487. The summed E-state index contributed by atoms with van der Waals surface area (Å²) in [4.78, 5) is 12.5. The molecule has 3 N–H and O–H groups in total. The van der Waals surface area contributed by atoms with E-state index in [9.17, 15) is 4.79 Å². The third-order valence-electron chi connectivity index (χ3n) is 4.44. The molecule has 1 aromatic carbocycles. The molecule has 0 aliphatic heterocycles. The average Bonchev–Trinajstić information content (AvgIpc) is 2.60. The fourth-order valence-electron chi connectivity index (χ4n) is 3.13. The van der Waals surface area contributed by atoms with Crippen molar-refractivity contribution >= 4 is 5.91 Å². The summed E-state index contributed by atoms with van der Waals surface area (Å²) in [5.74, 6) is 1.10. The van der Waals surface area contributed by atoms with Crippen molar-refractivity contribution < 1.29 is 14.3 Å². The molecule has 0 saturated heterocycles. The van der Waals surface area contributed by atoms with E-state index >= 15 is 0 Å². The second-order valence-corrected chi connectivity index (χ2v) is 6.08. The Morgan fingerprint density at radius 1 is 1.30 bits per heavy atom. The summed E-state index contributed by atoms with van der Waals surface area (Å²) in [5, 5.41) is 3.10. The normalized spacial score (nSPS) is 16.8. The minimum absolute atomic E-state index is 0.0564. The Labute approximate surface area is 138 Å². The standard InChI is InChI=1S/C18H28N2O3/c1-22-10-11-23-16-9-5-8-15(12-16)18(21)20-17(13-19)14-6-3-2-4-7-14/h5,8-9,12,14,17H,2-4,6-7,10-11,13,19H2,1H3,(H,20,21). The van der Waals surface area contributed by atoms with Crippen molar-refractivity contribution in [3.8, 4) is 5.75 Å². The molecule has 1 saturated carbocycles. The van der Waals surface area contributed by atoms with Crippen LogP contribution in [0, 0.1) is 5.92 Å². The number of methoxy groups -OCH3 is 1. The number of benzene rings is 1. The summed E-state index contributed by atoms with van der Waals surface area (Å²) in [6, 6.07) is 7.29. The van der Waals surface area contributed by atoms with Gasteiger partial charge in [-0.3, -0.25) is 4.79 Å². The summed E-state index contributed by atoms with van der Waals surface area (Å²) in [7, 11) is 1.63. The van der Waals surface area contributed by atoms with Crippen molar-refractivity contribution in [2.75, 3.05) is 26.9 Å². The van der Waals surface area contributed by atoms with Gasteiger partial charge in [0.15, 0.2) is 0 Å². The molecule has 1 aromatic rings. The summed E-state index contributed by atoms with van der Waals surface area (Å²) < 4.78 is 10.5. The SMILES string of the molecule is COCCOc1cccc(C(=O)NC(CN)C2CCCCC2)c1. The molecule has 0 radical (unpaired) electrons. The second-order valence-electron chi connectivity index (χ2n) is 6.08. The number of ether oxygens (including phenoxy) is 2. The zero-order valence-electron chi connectivity index (χ0n) is 13.9. The molecule has 0 spiro atoms. The molecule has 1 aliphatic carbocycles. The highest BCUT2D eigenvalue weighted by Crippen LogP contribution is 2.26. The van der Waals surface area contributed by atoms with Gasteiger partial charge in [-0.25, -0.2) is 0 Å². The van der Waals surface area contributed by atoms with Crippen LogP contribution < -0.4 is 15.8 Å². The zero-order chi connectivity index (χ0) is 16.5. The van der Waals surface area contributed by atoms with Crippen LogP contribution >= 0.6 is 0 Å². The van der Waals surface area contributed by atoms with E-state index in [0.717, 1.165) is 12.8 Å². The number of hydrogen-bond acceptors (Lipinski definition) is 4. The van der Waals surface area contributed by atoms with E-state index in [4.69, 9.17) is 15.2 Å². The quantitative estimate of drug-likeness (QED) is 0.721. The number of carbonyl (C=O) groups is 1. The molecule has 1 fully saturated rings. The van der Waals surface area contributed by atoms with Crippen LogP contribution in [0.25, 0.3) is 0 Å². The Morgan fingerprint density at radius 3 is 2.78 bits per heavy atom. The monoisotopic (exact) mass is 320 g/mol. The number of hydrogen-bond donors (Lipinski definition) is 2. The molecular formula is C18H28N2O3. The van der Waals surface area contributed by atoms with Gasteiger partial charge in [-0.2, -0.15) is 0 Å². The van der Waals surface area contributed by atoms with E-state index in [0.29, 0.717) is 37.0 Å². The number of rotatable bonds is 8. The van der Waals surface area contributed by atoms with Crippen molar-refractivity contribution in [1.82, 2.24) is 5.32 Å². The first kappa shape index (κ1) is 17.8. The molecule has 0 heterocycles. The topological polar surface area (TPSA) is 73.6 Å². The summed E-state index contributed by atoms with van der Waals surface area (Å²) in [6.07, 6.45) is 6.08. The molecule has 1 aliphatic rings. The smallest absolute Gasteiger partial charge is 0.251 e. The third kappa shape index (κ3) is 5.52. The van der Waals surface area contributed by atoms with Crippen LogP contribution in [-0.4, -0.2) is 38.8 Å². The van der Waals surface area contributed by atoms with Crippen molar-refractivity contribution in [2.45, 2.75) is 38.1 Å². The van der Waals surface area contributed by atoms with Gasteiger partial charge in [0.1, 0.15) is 12.4 Å². The largest absolute Gasteiger partial charge is 0.491 e. The summed E-state index contributed by atoms with van der Waals surface area (Å²) >= 11 is 0. The minimum Gasteiger partial charge on any atom is -0.491 e. The highest BCUT2D eigenvalue weighted by Gasteiger charge is 2.24. The predicted molar refractivity (Wildman–Crippen MR) is 90.7 cm³/mol. The maximum absolute atomic E-state index is 12.5. The van der Waals surface area contributed by atoms with Gasteiger partial charge in [0.25, 0.3) is 5.91 Å². The van der Waals surface area contributed by atoms with Crippen LogP contribution in [0.4, 0.5) is 0 Å². The van der Waals surface area contributed by atoms with Crippen LogP contribution in [0.2, 0.25) is 0 Å². The maximum atomic E-state index is 12.5. The highest BCUT2D eigenvalue weighted by molar-refractivity contribution is 5.94. The highest BCUT2D eigenvalue weighted by atomic mass is 16.5. The maximum Gasteiger partial charge on any atom is 0.251 e. The molecule has 5 heteroatoms. The van der Waals surface area contributed by atoms with Gasteiger partial charge in [0.2, 0.25) is 0 Å². The lowest BCUT2D eigenvalue weighted by molar-refractivity contribution is 0.0915. The molecular weight excluding hydrogens is 292 g/mol. The van der Waals surface area contributed by atoms with Crippen LogP contribution in [-0.2, 0) is 4.74 Å². The molecule has 1 amide bonds. The van der Waals surface area contributed by atoms with Gasteiger partial charge in [-0.05, 0) is 37.0 Å². The molecule has 5 nitrogen and oxygen atoms in total. The summed E-state index contributed by atoms with van der Waals surface area (Å²) in [6.45, 7) is 1.48. The van der Waals surface area contributed by atoms with Gasteiger partial charge >= 0.3 is 0 Å². The molecule has 1 unspecified atom stereocenters. The third-order valence-corrected chi connectivity index (χ3v) is 4.44. The second kappa shape index (κ2) is 9.53. The Morgan fingerprint density at radius 2 is 2.09 bits per heavy atom. The van der Waals surface area contributed by atoms with E-state index in [-0.39, 0.29) is 11.9 Å². The fraction of sp³-hybridized carbons (Fsp3) is 0.611. The zero-order valence-corrected chi connectivity index (χ0v) is 13.9. The van der Waals surface area contributed by atoms with Gasteiger partial charge < -0.3 is 20.5 Å². The van der Waals surface area contributed by atoms with Crippen molar-refractivity contribution in [1.29, 1.82) is 0 Å². The fourth-order valence-corrected chi connectivity index (χ4v) is 3.13. The number of carbonyl (C=O) groups excluding carboxylic acids is 1. The van der Waals surface area contributed by atoms with Gasteiger partial charge in [-0.15, -0.1) is 0 Å². The lowest BCUT2D eigenvalue weighted by Gasteiger charge is -2.30. The van der Waals surface area contributed by atoms with Crippen LogP contribution in [0.1, 0.15) is 42.5 Å². The first-order valence-corrected chi connectivity index (χ1v) is 8.47.